The second-order valence-corrected chi connectivity index (χ2v) is 5.66. The summed E-state index contributed by atoms with van der Waals surface area (Å²) in [6.07, 6.45) is 0.327. The van der Waals surface area contributed by atoms with Crippen molar-refractivity contribution < 1.29 is 4.79 Å². The van der Waals surface area contributed by atoms with Crippen LogP contribution in [0.15, 0.2) is 42.5 Å². The number of benzene rings is 2. The fraction of sp³-hybridized carbons (Fsp3) is 0.353. The Morgan fingerprint density at radius 2 is 1.86 bits per heavy atom. The lowest BCUT2D eigenvalue weighted by molar-refractivity contribution is -0.126. The van der Waals surface area contributed by atoms with Crippen molar-refractivity contribution in [1.82, 2.24) is 10.2 Å². The van der Waals surface area contributed by atoms with E-state index in [4.69, 9.17) is 5.73 Å². The fourth-order valence-corrected chi connectivity index (χ4v) is 2.42. The summed E-state index contributed by atoms with van der Waals surface area (Å²) in [5.41, 5.74) is 6.79. The van der Waals surface area contributed by atoms with Crippen molar-refractivity contribution in [3.63, 3.8) is 0 Å². The van der Waals surface area contributed by atoms with Crippen LogP contribution in [0.2, 0.25) is 0 Å². The predicted octanol–water partition coefficient (Wildman–Crippen LogP) is 1.73. The van der Waals surface area contributed by atoms with E-state index < -0.39 is 0 Å². The lowest BCUT2D eigenvalue weighted by Crippen LogP contribution is -2.50. The van der Waals surface area contributed by atoms with Crippen LogP contribution in [0.1, 0.15) is 12.5 Å². The van der Waals surface area contributed by atoms with Crippen molar-refractivity contribution in [2.45, 2.75) is 25.6 Å². The Kier molecular flexibility index (Phi) is 4.94. The number of likely N-dealkylation sites (N-methyl/N-ethyl adjacent to an activating group) is 1. The van der Waals surface area contributed by atoms with Gasteiger partial charge in [0.2, 0.25) is 5.91 Å². The van der Waals surface area contributed by atoms with E-state index in [1.165, 1.54) is 10.8 Å². The molecule has 112 valence electrons. The normalized spacial score (nSPS) is 14.1. The topological polar surface area (TPSA) is 58.4 Å². The van der Waals surface area contributed by atoms with Gasteiger partial charge in [-0.2, -0.15) is 0 Å². The van der Waals surface area contributed by atoms with Gasteiger partial charge in [0.25, 0.3) is 0 Å². The molecule has 2 atom stereocenters. The first-order valence-corrected chi connectivity index (χ1v) is 7.17. The SMILES string of the molecule is CC(N)NC(=O)C(Cc1ccc2ccccc2c1)N(C)C. The van der Waals surface area contributed by atoms with E-state index >= 15 is 0 Å². The first-order valence-electron chi connectivity index (χ1n) is 7.17. The number of fused-ring (bicyclic) bond motifs is 1. The molecule has 2 unspecified atom stereocenters. The molecule has 0 bridgehead atoms. The maximum Gasteiger partial charge on any atom is 0.238 e. The number of amides is 1. The van der Waals surface area contributed by atoms with Gasteiger partial charge in [-0.15, -0.1) is 0 Å². The molecule has 3 N–H and O–H groups in total. The number of rotatable bonds is 5. The molecule has 0 aliphatic heterocycles. The van der Waals surface area contributed by atoms with Gasteiger partial charge in [-0.25, -0.2) is 0 Å². The maximum atomic E-state index is 12.2. The van der Waals surface area contributed by atoms with Gasteiger partial charge in [0, 0.05) is 0 Å². The lowest BCUT2D eigenvalue weighted by Gasteiger charge is -2.24. The average Bonchev–Trinajstić information content (AvgIpc) is 2.43. The van der Waals surface area contributed by atoms with Gasteiger partial charge in [0.15, 0.2) is 0 Å². The Hall–Kier alpha value is -1.91. The molecule has 2 aromatic carbocycles. The van der Waals surface area contributed by atoms with Gasteiger partial charge < -0.3 is 11.1 Å². The van der Waals surface area contributed by atoms with Gasteiger partial charge in [0.1, 0.15) is 0 Å². The molecule has 0 heterocycles. The summed E-state index contributed by atoms with van der Waals surface area (Å²) in [7, 11) is 3.82. The molecule has 21 heavy (non-hydrogen) atoms. The van der Waals surface area contributed by atoms with Crippen LogP contribution >= 0.6 is 0 Å². The second kappa shape index (κ2) is 6.70. The van der Waals surface area contributed by atoms with Crippen molar-refractivity contribution >= 4 is 16.7 Å². The molecular formula is C17H23N3O. The van der Waals surface area contributed by atoms with Crippen LogP contribution in [0.5, 0.6) is 0 Å². The summed E-state index contributed by atoms with van der Waals surface area (Å²) in [6, 6.07) is 14.3. The Labute approximate surface area is 125 Å². The summed E-state index contributed by atoms with van der Waals surface area (Å²) in [5.74, 6) is -0.0387. The van der Waals surface area contributed by atoms with Crippen molar-refractivity contribution in [3.05, 3.63) is 48.0 Å². The highest BCUT2D eigenvalue weighted by molar-refractivity contribution is 5.84. The minimum Gasteiger partial charge on any atom is -0.340 e. The molecule has 4 heteroatoms. The molecular weight excluding hydrogens is 262 g/mol. The smallest absolute Gasteiger partial charge is 0.238 e. The zero-order chi connectivity index (χ0) is 15.4. The molecule has 4 nitrogen and oxygen atoms in total. The van der Waals surface area contributed by atoms with E-state index in [1.54, 1.807) is 6.92 Å². The number of hydrogen-bond acceptors (Lipinski definition) is 3. The Bertz CT molecular complexity index is 622. The quantitative estimate of drug-likeness (QED) is 0.823. The van der Waals surface area contributed by atoms with E-state index in [0.29, 0.717) is 6.42 Å². The zero-order valence-corrected chi connectivity index (χ0v) is 12.8. The van der Waals surface area contributed by atoms with E-state index in [9.17, 15) is 4.79 Å². The Morgan fingerprint density at radius 3 is 2.48 bits per heavy atom. The second-order valence-electron chi connectivity index (χ2n) is 5.66. The number of carbonyl (C=O) groups excluding carboxylic acids is 1. The van der Waals surface area contributed by atoms with Gasteiger partial charge >= 0.3 is 0 Å². The minimum atomic E-state index is -0.337. The largest absolute Gasteiger partial charge is 0.340 e. The average molecular weight is 285 g/mol. The number of nitrogens with one attached hydrogen (secondary N) is 1. The van der Waals surface area contributed by atoms with Crippen LogP contribution in [0.4, 0.5) is 0 Å². The molecule has 2 aromatic rings. The Balaban J connectivity index is 2.20. The summed E-state index contributed by atoms with van der Waals surface area (Å²) in [5, 5.41) is 5.18. The van der Waals surface area contributed by atoms with Crippen LogP contribution in [0.25, 0.3) is 10.8 Å². The van der Waals surface area contributed by atoms with Crippen LogP contribution in [-0.2, 0) is 11.2 Å². The molecule has 0 saturated carbocycles. The Morgan fingerprint density at radius 1 is 1.19 bits per heavy atom. The molecule has 0 spiro atoms. The zero-order valence-electron chi connectivity index (χ0n) is 12.8. The fourth-order valence-electron chi connectivity index (χ4n) is 2.42. The summed E-state index contributed by atoms with van der Waals surface area (Å²) >= 11 is 0. The van der Waals surface area contributed by atoms with E-state index in [2.05, 4.69) is 35.6 Å². The third-order valence-electron chi connectivity index (χ3n) is 3.54. The van der Waals surface area contributed by atoms with Crippen molar-refractivity contribution in [2.75, 3.05) is 14.1 Å². The summed E-state index contributed by atoms with van der Waals surface area (Å²) in [4.78, 5) is 14.2. The van der Waals surface area contributed by atoms with Crippen LogP contribution in [-0.4, -0.2) is 37.1 Å². The number of carbonyl (C=O) groups is 1. The van der Waals surface area contributed by atoms with Crippen molar-refractivity contribution in [3.8, 4) is 0 Å². The summed E-state index contributed by atoms with van der Waals surface area (Å²) in [6.45, 7) is 1.76. The number of hydrogen-bond donors (Lipinski definition) is 2. The van der Waals surface area contributed by atoms with Gasteiger partial charge in [0.05, 0.1) is 12.2 Å². The third kappa shape index (κ3) is 4.03. The van der Waals surface area contributed by atoms with Crippen LogP contribution in [0, 0.1) is 0 Å². The van der Waals surface area contributed by atoms with Crippen molar-refractivity contribution in [1.29, 1.82) is 0 Å². The van der Waals surface area contributed by atoms with Crippen LogP contribution < -0.4 is 11.1 Å². The molecule has 0 aliphatic carbocycles. The highest BCUT2D eigenvalue weighted by Gasteiger charge is 2.21. The standard InChI is InChI=1S/C17H23N3O/c1-12(18)19-17(21)16(20(2)3)11-13-8-9-14-6-4-5-7-15(14)10-13/h4-10,12,16H,11,18H2,1-3H3,(H,19,21). The molecule has 0 radical (unpaired) electrons. The third-order valence-corrected chi connectivity index (χ3v) is 3.54. The summed E-state index contributed by atoms with van der Waals surface area (Å²) < 4.78 is 0. The molecule has 1 amide bonds. The monoisotopic (exact) mass is 285 g/mol. The van der Waals surface area contributed by atoms with E-state index in [1.807, 2.05) is 31.1 Å². The molecule has 0 aliphatic rings. The van der Waals surface area contributed by atoms with Crippen molar-refractivity contribution in [2.24, 2.45) is 5.73 Å². The maximum absolute atomic E-state index is 12.2. The highest BCUT2D eigenvalue weighted by Crippen LogP contribution is 2.17. The van der Waals surface area contributed by atoms with E-state index in [0.717, 1.165) is 5.56 Å². The highest BCUT2D eigenvalue weighted by atomic mass is 16.2. The van der Waals surface area contributed by atoms with Gasteiger partial charge in [-0.3, -0.25) is 9.69 Å². The van der Waals surface area contributed by atoms with Gasteiger partial charge in [-0.05, 0) is 43.8 Å². The van der Waals surface area contributed by atoms with E-state index in [-0.39, 0.29) is 18.1 Å². The number of nitrogens with zero attached hydrogens (tertiary/aromatic N) is 1. The van der Waals surface area contributed by atoms with Gasteiger partial charge in [-0.1, -0.05) is 42.5 Å². The number of nitrogens with two attached hydrogens (primary N) is 1. The molecule has 2 rings (SSSR count). The predicted molar refractivity (Wildman–Crippen MR) is 86.9 cm³/mol. The first kappa shape index (κ1) is 15.5. The first-order chi connectivity index (χ1) is 9.97. The molecule has 0 fully saturated rings. The molecule has 0 saturated heterocycles. The molecule has 0 aromatic heterocycles. The van der Waals surface area contributed by atoms with Crippen LogP contribution in [0.3, 0.4) is 0 Å². The lowest BCUT2D eigenvalue weighted by atomic mass is 10.0. The minimum absolute atomic E-state index is 0.0387.